The number of halogens is 2. The highest BCUT2D eigenvalue weighted by Crippen LogP contribution is 2.31. The van der Waals surface area contributed by atoms with Crippen LogP contribution >= 0.6 is 23.2 Å². The zero-order valence-electron chi connectivity index (χ0n) is 8.84. The third-order valence-corrected chi connectivity index (χ3v) is 3.17. The summed E-state index contributed by atoms with van der Waals surface area (Å²) in [6, 6.07) is 5.21. The fraction of sp³-hybridized carbons (Fsp3) is 0.167. The van der Waals surface area contributed by atoms with Crippen LogP contribution in [0.1, 0.15) is 23.0 Å². The molecule has 2 rings (SSSR count). The van der Waals surface area contributed by atoms with Gasteiger partial charge in [0.05, 0.1) is 15.6 Å². The van der Waals surface area contributed by atoms with E-state index < -0.39 is 0 Å². The third-order valence-electron chi connectivity index (χ3n) is 2.38. The van der Waals surface area contributed by atoms with Crippen LogP contribution in [0, 0.1) is 6.92 Å². The molecule has 82 valence electrons. The SMILES string of the molecule is CC(=O)c1cc(C)nc2c(Cl)c(Cl)ccc12. The number of hydrogen-bond acceptors (Lipinski definition) is 2. The van der Waals surface area contributed by atoms with E-state index in [0.717, 1.165) is 11.1 Å². The van der Waals surface area contributed by atoms with Gasteiger partial charge in [0.25, 0.3) is 0 Å². The number of aromatic nitrogens is 1. The molecule has 1 heterocycles. The first-order valence-corrected chi connectivity index (χ1v) is 5.52. The van der Waals surface area contributed by atoms with Crippen molar-refractivity contribution in [2.75, 3.05) is 0 Å². The van der Waals surface area contributed by atoms with Gasteiger partial charge in [-0.3, -0.25) is 9.78 Å². The summed E-state index contributed by atoms with van der Waals surface area (Å²) in [6.45, 7) is 3.35. The van der Waals surface area contributed by atoms with Crippen LogP contribution in [0.2, 0.25) is 10.0 Å². The smallest absolute Gasteiger partial charge is 0.160 e. The molecular weight excluding hydrogens is 245 g/mol. The molecule has 0 spiro atoms. The Labute approximate surface area is 103 Å². The van der Waals surface area contributed by atoms with E-state index in [1.807, 2.05) is 6.92 Å². The van der Waals surface area contributed by atoms with Crippen LogP contribution in [0.25, 0.3) is 10.9 Å². The van der Waals surface area contributed by atoms with Gasteiger partial charge in [-0.05, 0) is 26.0 Å². The molecule has 1 aromatic carbocycles. The van der Waals surface area contributed by atoms with Crippen LogP contribution in [-0.4, -0.2) is 10.8 Å². The highest BCUT2D eigenvalue weighted by molar-refractivity contribution is 6.45. The van der Waals surface area contributed by atoms with Gasteiger partial charge in [0.2, 0.25) is 0 Å². The molecule has 0 aliphatic carbocycles. The summed E-state index contributed by atoms with van der Waals surface area (Å²) in [7, 11) is 0. The number of carbonyl (C=O) groups is 1. The molecule has 0 saturated carbocycles. The van der Waals surface area contributed by atoms with Crippen molar-refractivity contribution in [3.05, 3.63) is 39.5 Å². The number of benzene rings is 1. The monoisotopic (exact) mass is 253 g/mol. The predicted octanol–water partition coefficient (Wildman–Crippen LogP) is 4.05. The number of ketones is 1. The van der Waals surface area contributed by atoms with Crippen molar-refractivity contribution in [3.63, 3.8) is 0 Å². The maximum absolute atomic E-state index is 11.5. The van der Waals surface area contributed by atoms with Gasteiger partial charge in [-0.15, -0.1) is 0 Å². The van der Waals surface area contributed by atoms with Crippen LogP contribution in [0.4, 0.5) is 0 Å². The van der Waals surface area contributed by atoms with E-state index in [9.17, 15) is 4.79 Å². The highest BCUT2D eigenvalue weighted by atomic mass is 35.5. The minimum Gasteiger partial charge on any atom is -0.294 e. The van der Waals surface area contributed by atoms with Crippen molar-refractivity contribution in [3.8, 4) is 0 Å². The van der Waals surface area contributed by atoms with Gasteiger partial charge < -0.3 is 0 Å². The normalized spacial score (nSPS) is 10.8. The van der Waals surface area contributed by atoms with Crippen LogP contribution in [0.5, 0.6) is 0 Å². The number of aryl methyl sites for hydroxylation is 1. The second-order valence-corrected chi connectivity index (χ2v) is 4.41. The molecule has 0 fully saturated rings. The summed E-state index contributed by atoms with van der Waals surface area (Å²) in [4.78, 5) is 15.8. The highest BCUT2D eigenvalue weighted by Gasteiger charge is 2.12. The van der Waals surface area contributed by atoms with Gasteiger partial charge in [0.15, 0.2) is 5.78 Å². The lowest BCUT2D eigenvalue weighted by Gasteiger charge is -2.07. The first-order valence-electron chi connectivity index (χ1n) is 4.77. The molecule has 0 saturated heterocycles. The van der Waals surface area contributed by atoms with E-state index in [4.69, 9.17) is 23.2 Å². The predicted molar refractivity (Wildman–Crippen MR) is 66.5 cm³/mol. The fourth-order valence-corrected chi connectivity index (χ4v) is 2.01. The first kappa shape index (κ1) is 11.4. The van der Waals surface area contributed by atoms with E-state index in [-0.39, 0.29) is 5.78 Å². The molecule has 0 unspecified atom stereocenters. The second-order valence-electron chi connectivity index (χ2n) is 3.62. The molecule has 0 amide bonds. The Bertz CT molecular complexity index is 593. The van der Waals surface area contributed by atoms with E-state index in [2.05, 4.69) is 4.98 Å². The molecule has 2 nitrogen and oxygen atoms in total. The summed E-state index contributed by atoms with van der Waals surface area (Å²) in [5.74, 6) is -0.00566. The van der Waals surface area contributed by atoms with Crippen molar-refractivity contribution in [2.45, 2.75) is 13.8 Å². The Hall–Kier alpha value is -1.12. The molecule has 4 heteroatoms. The zero-order valence-corrected chi connectivity index (χ0v) is 10.4. The molecule has 0 bridgehead atoms. The van der Waals surface area contributed by atoms with Crippen LogP contribution in [-0.2, 0) is 0 Å². The van der Waals surface area contributed by atoms with E-state index >= 15 is 0 Å². The standard InChI is InChI=1S/C12H9Cl2NO/c1-6-5-9(7(2)16)8-3-4-10(13)11(14)12(8)15-6/h3-5H,1-2H3. The maximum atomic E-state index is 11.5. The van der Waals surface area contributed by atoms with E-state index in [1.165, 1.54) is 6.92 Å². The number of Topliss-reactive ketones (excluding diaryl/α,β-unsaturated/α-hetero) is 1. The maximum Gasteiger partial charge on any atom is 0.160 e. The Morgan fingerprint density at radius 3 is 2.62 bits per heavy atom. The lowest BCUT2D eigenvalue weighted by Crippen LogP contribution is -1.97. The number of nitrogens with zero attached hydrogens (tertiary/aromatic N) is 1. The fourth-order valence-electron chi connectivity index (χ4n) is 1.65. The molecule has 0 atom stereocenters. The minimum absolute atomic E-state index is 0.00566. The van der Waals surface area contributed by atoms with Gasteiger partial charge in [0.1, 0.15) is 0 Å². The van der Waals surface area contributed by atoms with Gasteiger partial charge in [0, 0.05) is 16.6 Å². The van der Waals surface area contributed by atoms with Gasteiger partial charge >= 0.3 is 0 Å². The summed E-state index contributed by atoms with van der Waals surface area (Å²) in [5, 5.41) is 1.58. The average molecular weight is 254 g/mol. The van der Waals surface area contributed by atoms with Crippen LogP contribution < -0.4 is 0 Å². The van der Waals surface area contributed by atoms with Crippen molar-refractivity contribution in [1.29, 1.82) is 0 Å². The summed E-state index contributed by atoms with van der Waals surface area (Å²) in [5.41, 5.74) is 1.96. The Morgan fingerprint density at radius 2 is 2.00 bits per heavy atom. The van der Waals surface area contributed by atoms with Gasteiger partial charge in [-0.2, -0.15) is 0 Å². The van der Waals surface area contributed by atoms with Crippen molar-refractivity contribution in [2.24, 2.45) is 0 Å². The van der Waals surface area contributed by atoms with Crippen molar-refractivity contribution >= 4 is 39.9 Å². The minimum atomic E-state index is -0.00566. The quantitative estimate of drug-likeness (QED) is 0.718. The van der Waals surface area contributed by atoms with Gasteiger partial charge in [-0.1, -0.05) is 29.3 Å². The summed E-state index contributed by atoms with van der Waals surface area (Å²) < 4.78 is 0. The zero-order chi connectivity index (χ0) is 11.9. The van der Waals surface area contributed by atoms with E-state index in [0.29, 0.717) is 21.1 Å². The molecular formula is C12H9Cl2NO. The Morgan fingerprint density at radius 1 is 1.31 bits per heavy atom. The largest absolute Gasteiger partial charge is 0.294 e. The number of rotatable bonds is 1. The lowest BCUT2D eigenvalue weighted by atomic mass is 10.0. The second kappa shape index (κ2) is 4.04. The average Bonchev–Trinajstić information content (AvgIpc) is 2.23. The number of carbonyl (C=O) groups excluding carboxylic acids is 1. The first-order chi connectivity index (χ1) is 7.50. The topological polar surface area (TPSA) is 30.0 Å². The summed E-state index contributed by atoms with van der Waals surface area (Å²) >= 11 is 12.0. The number of hydrogen-bond donors (Lipinski definition) is 0. The third kappa shape index (κ3) is 1.79. The molecule has 1 aromatic heterocycles. The number of fused-ring (bicyclic) bond motifs is 1. The Balaban J connectivity index is 2.94. The molecule has 2 aromatic rings. The lowest BCUT2D eigenvalue weighted by molar-refractivity contribution is 0.101. The van der Waals surface area contributed by atoms with Crippen molar-refractivity contribution < 1.29 is 4.79 Å². The van der Waals surface area contributed by atoms with E-state index in [1.54, 1.807) is 18.2 Å². The molecule has 0 radical (unpaired) electrons. The molecule has 16 heavy (non-hydrogen) atoms. The summed E-state index contributed by atoms with van der Waals surface area (Å²) in [6.07, 6.45) is 0. The van der Waals surface area contributed by atoms with Gasteiger partial charge in [-0.25, -0.2) is 0 Å². The molecule has 0 aliphatic heterocycles. The Kier molecular flexibility index (Phi) is 2.87. The number of pyridine rings is 1. The van der Waals surface area contributed by atoms with Crippen LogP contribution in [0.3, 0.4) is 0 Å². The molecule has 0 N–H and O–H groups in total. The van der Waals surface area contributed by atoms with Crippen LogP contribution in [0.15, 0.2) is 18.2 Å². The van der Waals surface area contributed by atoms with Crippen molar-refractivity contribution in [1.82, 2.24) is 4.98 Å². The molecule has 0 aliphatic rings.